The van der Waals surface area contributed by atoms with Crippen molar-refractivity contribution >= 4 is 18.4 Å². The zero-order chi connectivity index (χ0) is 13.4. The summed E-state index contributed by atoms with van der Waals surface area (Å²) in [6.07, 6.45) is 6.91. The van der Waals surface area contributed by atoms with Crippen LogP contribution in [0.4, 0.5) is 0 Å². The molecule has 114 valence electrons. The molecular weight excluding hydrogens is 266 g/mol. The van der Waals surface area contributed by atoms with Gasteiger partial charge >= 0.3 is 5.97 Å². The Bertz CT molecular complexity index is 251. The number of nitrogens with one attached hydrogen (secondary N) is 1. The normalized spacial score (nSPS) is 24.5. The highest BCUT2D eigenvalue weighted by Gasteiger charge is 2.21. The average Bonchev–Trinajstić information content (AvgIpc) is 2.35. The Morgan fingerprint density at radius 2 is 2.11 bits per heavy atom. The van der Waals surface area contributed by atoms with Crippen LogP contribution < -0.4 is 5.32 Å². The SMILES string of the molecule is CCCC(NCCOC1CCCCC1C)C(=O)O.Cl. The van der Waals surface area contributed by atoms with Crippen LogP contribution in [0.5, 0.6) is 0 Å². The Morgan fingerprint density at radius 1 is 1.42 bits per heavy atom. The van der Waals surface area contributed by atoms with Crippen LogP contribution in [0.25, 0.3) is 0 Å². The maximum absolute atomic E-state index is 10.9. The molecule has 3 atom stereocenters. The quantitative estimate of drug-likeness (QED) is 0.676. The lowest BCUT2D eigenvalue weighted by Crippen LogP contribution is -2.39. The zero-order valence-electron chi connectivity index (χ0n) is 12.1. The van der Waals surface area contributed by atoms with Gasteiger partial charge in [0, 0.05) is 6.54 Å². The summed E-state index contributed by atoms with van der Waals surface area (Å²) < 4.78 is 5.85. The number of rotatable bonds is 8. The molecule has 5 heteroatoms. The summed E-state index contributed by atoms with van der Waals surface area (Å²) in [7, 11) is 0. The van der Waals surface area contributed by atoms with Crippen molar-refractivity contribution in [2.45, 2.75) is 64.5 Å². The van der Waals surface area contributed by atoms with Crippen LogP contribution in [0.3, 0.4) is 0 Å². The molecule has 4 nitrogen and oxygen atoms in total. The molecule has 19 heavy (non-hydrogen) atoms. The minimum absolute atomic E-state index is 0. The first kappa shape index (κ1) is 18.7. The number of halogens is 1. The first-order valence-corrected chi connectivity index (χ1v) is 7.23. The fourth-order valence-electron chi connectivity index (χ4n) is 2.57. The standard InChI is InChI=1S/C14H27NO3.ClH/c1-3-6-12(14(16)17)15-9-10-18-13-8-5-4-7-11(13)2;/h11-13,15H,3-10H2,1-2H3,(H,16,17);1H. The van der Waals surface area contributed by atoms with Crippen molar-refractivity contribution in [3.8, 4) is 0 Å². The number of aliphatic carboxylic acids is 1. The summed E-state index contributed by atoms with van der Waals surface area (Å²) in [6, 6.07) is -0.428. The molecule has 0 aromatic rings. The molecule has 1 aliphatic carbocycles. The lowest BCUT2D eigenvalue weighted by Gasteiger charge is -2.29. The number of hydrogen-bond donors (Lipinski definition) is 2. The Morgan fingerprint density at radius 3 is 2.68 bits per heavy atom. The molecule has 3 unspecified atom stereocenters. The molecule has 0 heterocycles. The van der Waals surface area contributed by atoms with Crippen LogP contribution >= 0.6 is 12.4 Å². The highest BCUT2D eigenvalue weighted by Crippen LogP contribution is 2.25. The van der Waals surface area contributed by atoms with Crippen molar-refractivity contribution in [2.75, 3.05) is 13.2 Å². The van der Waals surface area contributed by atoms with Crippen LogP contribution in [0.2, 0.25) is 0 Å². The van der Waals surface area contributed by atoms with Gasteiger partial charge in [0.1, 0.15) is 6.04 Å². The average molecular weight is 294 g/mol. The summed E-state index contributed by atoms with van der Waals surface area (Å²) in [5.41, 5.74) is 0. The second-order valence-electron chi connectivity index (χ2n) is 5.30. The third-order valence-electron chi connectivity index (χ3n) is 3.73. The van der Waals surface area contributed by atoms with Crippen molar-refractivity contribution in [3.05, 3.63) is 0 Å². The molecule has 2 N–H and O–H groups in total. The first-order valence-electron chi connectivity index (χ1n) is 7.23. The van der Waals surface area contributed by atoms with Gasteiger partial charge in [-0.15, -0.1) is 12.4 Å². The van der Waals surface area contributed by atoms with Gasteiger partial charge in [-0.05, 0) is 25.2 Å². The molecule has 1 saturated carbocycles. The number of hydrogen-bond acceptors (Lipinski definition) is 3. The van der Waals surface area contributed by atoms with Gasteiger partial charge in [0.15, 0.2) is 0 Å². The maximum Gasteiger partial charge on any atom is 0.320 e. The van der Waals surface area contributed by atoms with Crippen molar-refractivity contribution in [3.63, 3.8) is 0 Å². The molecule has 1 fully saturated rings. The lowest BCUT2D eigenvalue weighted by molar-refractivity contribution is -0.139. The topological polar surface area (TPSA) is 58.6 Å². The maximum atomic E-state index is 10.9. The number of ether oxygens (including phenoxy) is 1. The molecule has 0 aromatic heterocycles. The van der Waals surface area contributed by atoms with E-state index in [-0.39, 0.29) is 12.4 Å². The lowest BCUT2D eigenvalue weighted by atomic mass is 9.88. The predicted molar refractivity (Wildman–Crippen MR) is 79.0 cm³/mol. The zero-order valence-corrected chi connectivity index (χ0v) is 12.9. The minimum atomic E-state index is -0.761. The summed E-state index contributed by atoms with van der Waals surface area (Å²) >= 11 is 0. The molecule has 1 aliphatic rings. The fraction of sp³-hybridized carbons (Fsp3) is 0.929. The number of carboxylic acids is 1. The van der Waals surface area contributed by atoms with E-state index >= 15 is 0 Å². The van der Waals surface area contributed by atoms with E-state index in [1.54, 1.807) is 0 Å². The van der Waals surface area contributed by atoms with Crippen LogP contribution in [-0.2, 0) is 9.53 Å². The third-order valence-corrected chi connectivity index (χ3v) is 3.73. The van der Waals surface area contributed by atoms with Gasteiger partial charge in [-0.1, -0.05) is 33.1 Å². The van der Waals surface area contributed by atoms with E-state index < -0.39 is 12.0 Å². The van der Waals surface area contributed by atoms with E-state index in [1.165, 1.54) is 19.3 Å². The molecule has 0 spiro atoms. The molecule has 0 amide bonds. The fourth-order valence-corrected chi connectivity index (χ4v) is 2.57. The monoisotopic (exact) mass is 293 g/mol. The third kappa shape index (κ3) is 7.14. The molecule has 0 aliphatic heterocycles. The summed E-state index contributed by atoms with van der Waals surface area (Å²) in [5.74, 6) is -0.118. The van der Waals surface area contributed by atoms with E-state index in [9.17, 15) is 4.79 Å². The van der Waals surface area contributed by atoms with E-state index in [1.807, 2.05) is 6.92 Å². The molecular formula is C14H28ClNO3. The van der Waals surface area contributed by atoms with Crippen molar-refractivity contribution in [2.24, 2.45) is 5.92 Å². The highest BCUT2D eigenvalue weighted by molar-refractivity contribution is 5.85. The van der Waals surface area contributed by atoms with E-state index in [4.69, 9.17) is 9.84 Å². The van der Waals surface area contributed by atoms with Crippen molar-refractivity contribution < 1.29 is 14.6 Å². The summed E-state index contributed by atoms with van der Waals surface area (Å²) in [5, 5.41) is 12.0. The summed E-state index contributed by atoms with van der Waals surface area (Å²) in [4.78, 5) is 10.9. The largest absolute Gasteiger partial charge is 0.480 e. The Kier molecular flexibility index (Phi) is 10.3. The van der Waals surface area contributed by atoms with Gasteiger partial charge in [-0.25, -0.2) is 0 Å². The van der Waals surface area contributed by atoms with Crippen LogP contribution in [0.1, 0.15) is 52.4 Å². The van der Waals surface area contributed by atoms with Gasteiger partial charge in [0.25, 0.3) is 0 Å². The number of carboxylic acid groups (broad SMARTS) is 1. The minimum Gasteiger partial charge on any atom is -0.480 e. The van der Waals surface area contributed by atoms with Crippen molar-refractivity contribution in [1.82, 2.24) is 5.32 Å². The molecule has 1 rings (SSSR count). The second-order valence-corrected chi connectivity index (χ2v) is 5.30. The Balaban J connectivity index is 0.00000324. The van der Waals surface area contributed by atoms with Crippen LogP contribution in [-0.4, -0.2) is 36.4 Å². The highest BCUT2D eigenvalue weighted by atomic mass is 35.5. The van der Waals surface area contributed by atoms with Gasteiger partial charge in [0.2, 0.25) is 0 Å². The van der Waals surface area contributed by atoms with Gasteiger partial charge in [0.05, 0.1) is 12.7 Å². The molecule has 0 aromatic carbocycles. The van der Waals surface area contributed by atoms with Crippen LogP contribution in [0, 0.1) is 5.92 Å². The van der Waals surface area contributed by atoms with Crippen LogP contribution in [0.15, 0.2) is 0 Å². The predicted octanol–water partition coefficient (Wildman–Crippen LogP) is 2.85. The molecule has 0 bridgehead atoms. The van der Waals surface area contributed by atoms with E-state index in [0.29, 0.717) is 31.6 Å². The summed E-state index contributed by atoms with van der Waals surface area (Å²) in [6.45, 7) is 5.48. The smallest absolute Gasteiger partial charge is 0.320 e. The Hall–Kier alpha value is -0.320. The molecule has 0 radical (unpaired) electrons. The Labute approximate surface area is 122 Å². The van der Waals surface area contributed by atoms with Crippen molar-refractivity contribution in [1.29, 1.82) is 0 Å². The van der Waals surface area contributed by atoms with E-state index in [2.05, 4.69) is 12.2 Å². The van der Waals surface area contributed by atoms with Gasteiger partial charge in [-0.2, -0.15) is 0 Å². The molecule has 0 saturated heterocycles. The second kappa shape index (κ2) is 10.5. The van der Waals surface area contributed by atoms with E-state index in [0.717, 1.165) is 12.8 Å². The first-order chi connectivity index (χ1) is 8.65. The number of carbonyl (C=O) groups is 1. The van der Waals surface area contributed by atoms with Gasteiger partial charge in [-0.3, -0.25) is 4.79 Å². The van der Waals surface area contributed by atoms with Gasteiger partial charge < -0.3 is 15.2 Å².